The first-order valence-electron chi connectivity index (χ1n) is 3.60. The van der Waals surface area contributed by atoms with Crippen LogP contribution in [0, 0.1) is 11.6 Å². The molecule has 0 amide bonds. The molecule has 0 saturated heterocycles. The lowest BCUT2D eigenvalue weighted by molar-refractivity contribution is 0.558. The van der Waals surface area contributed by atoms with Crippen molar-refractivity contribution < 1.29 is 13.2 Å². The monoisotopic (exact) mass is 181 g/mol. The van der Waals surface area contributed by atoms with Crippen molar-refractivity contribution in [1.82, 2.24) is 4.98 Å². The smallest absolute Gasteiger partial charge is 0.181 e. The fourth-order valence-electron chi connectivity index (χ4n) is 1.06. The Morgan fingerprint density at radius 3 is 2.31 bits per heavy atom. The summed E-state index contributed by atoms with van der Waals surface area (Å²) in [5.41, 5.74) is 0.782. The second kappa shape index (κ2) is 2.97. The van der Waals surface area contributed by atoms with Crippen molar-refractivity contribution in [3.05, 3.63) is 42.5 Å². The number of hydrogen-bond donors (Lipinski definition) is 0. The molecule has 1 heterocycles. The molecular formula is C9H5F2NO. The number of halogens is 2. The zero-order valence-electron chi connectivity index (χ0n) is 6.50. The van der Waals surface area contributed by atoms with E-state index in [0.29, 0.717) is 11.3 Å². The van der Waals surface area contributed by atoms with Gasteiger partial charge in [0, 0.05) is 11.6 Å². The molecule has 1 aromatic heterocycles. The zero-order chi connectivity index (χ0) is 9.26. The van der Waals surface area contributed by atoms with E-state index in [9.17, 15) is 8.78 Å². The van der Waals surface area contributed by atoms with Crippen LogP contribution in [0.25, 0.3) is 11.3 Å². The van der Waals surface area contributed by atoms with Gasteiger partial charge in [-0.2, -0.15) is 0 Å². The number of hydrogen-bond acceptors (Lipinski definition) is 2. The molecular weight excluding hydrogens is 176 g/mol. The molecule has 1 aromatic carbocycles. The molecule has 0 aliphatic heterocycles. The SMILES string of the molecule is Fc1cc(F)cc(-c2cocn2)c1. The molecule has 2 rings (SSSR count). The summed E-state index contributed by atoms with van der Waals surface area (Å²) in [5.74, 6) is -1.25. The maximum Gasteiger partial charge on any atom is 0.181 e. The highest BCUT2D eigenvalue weighted by atomic mass is 19.1. The molecule has 0 atom stereocenters. The lowest BCUT2D eigenvalue weighted by Gasteiger charge is -1.96. The minimum atomic E-state index is -0.627. The molecule has 0 unspecified atom stereocenters. The minimum absolute atomic E-state index is 0.367. The largest absolute Gasteiger partial charge is 0.451 e. The van der Waals surface area contributed by atoms with E-state index in [0.717, 1.165) is 6.07 Å². The molecule has 0 aliphatic carbocycles. The minimum Gasteiger partial charge on any atom is -0.451 e. The second-order valence-electron chi connectivity index (χ2n) is 2.53. The Labute approximate surface area is 72.8 Å². The second-order valence-corrected chi connectivity index (χ2v) is 2.53. The van der Waals surface area contributed by atoms with Gasteiger partial charge in [-0.3, -0.25) is 0 Å². The molecule has 2 nitrogen and oxygen atoms in total. The van der Waals surface area contributed by atoms with Crippen molar-refractivity contribution in [2.24, 2.45) is 0 Å². The summed E-state index contributed by atoms with van der Waals surface area (Å²) >= 11 is 0. The van der Waals surface area contributed by atoms with E-state index in [1.54, 1.807) is 0 Å². The van der Waals surface area contributed by atoms with Crippen molar-refractivity contribution >= 4 is 0 Å². The standard InChI is InChI=1S/C9H5F2NO/c10-7-1-6(2-8(11)3-7)9-4-13-5-12-9/h1-5H. The zero-order valence-corrected chi connectivity index (χ0v) is 6.50. The van der Waals surface area contributed by atoms with Crippen LogP contribution in [0.15, 0.2) is 35.3 Å². The predicted octanol–water partition coefficient (Wildman–Crippen LogP) is 2.62. The van der Waals surface area contributed by atoms with Gasteiger partial charge in [-0.1, -0.05) is 0 Å². The predicted molar refractivity (Wildman–Crippen MR) is 41.9 cm³/mol. The lowest BCUT2D eigenvalue weighted by Crippen LogP contribution is -1.83. The fraction of sp³-hybridized carbons (Fsp3) is 0. The van der Waals surface area contributed by atoms with Gasteiger partial charge >= 0.3 is 0 Å². The third-order valence-corrected chi connectivity index (χ3v) is 1.59. The first-order chi connectivity index (χ1) is 6.25. The normalized spacial score (nSPS) is 10.3. The average molecular weight is 181 g/mol. The third-order valence-electron chi connectivity index (χ3n) is 1.59. The Morgan fingerprint density at radius 1 is 1.08 bits per heavy atom. The van der Waals surface area contributed by atoms with Crippen LogP contribution in [-0.2, 0) is 0 Å². The van der Waals surface area contributed by atoms with Gasteiger partial charge in [-0.25, -0.2) is 13.8 Å². The van der Waals surface area contributed by atoms with Crippen molar-refractivity contribution in [3.8, 4) is 11.3 Å². The van der Waals surface area contributed by atoms with Crippen molar-refractivity contribution in [2.45, 2.75) is 0 Å². The Morgan fingerprint density at radius 2 is 1.77 bits per heavy atom. The summed E-state index contributed by atoms with van der Waals surface area (Å²) in [4.78, 5) is 3.77. The van der Waals surface area contributed by atoms with E-state index in [4.69, 9.17) is 4.42 Å². The van der Waals surface area contributed by atoms with Gasteiger partial charge in [0.25, 0.3) is 0 Å². The van der Waals surface area contributed by atoms with E-state index in [1.807, 2.05) is 0 Å². The molecule has 13 heavy (non-hydrogen) atoms. The molecule has 0 N–H and O–H groups in total. The molecule has 2 aromatic rings. The van der Waals surface area contributed by atoms with Crippen LogP contribution < -0.4 is 0 Å². The summed E-state index contributed by atoms with van der Waals surface area (Å²) in [6, 6.07) is 3.20. The highest BCUT2D eigenvalue weighted by Gasteiger charge is 2.04. The van der Waals surface area contributed by atoms with E-state index in [-0.39, 0.29) is 0 Å². The Balaban J connectivity index is 2.53. The van der Waals surface area contributed by atoms with Crippen molar-refractivity contribution in [1.29, 1.82) is 0 Å². The summed E-state index contributed by atoms with van der Waals surface area (Å²) in [6.45, 7) is 0. The van der Waals surface area contributed by atoms with Gasteiger partial charge in [-0.15, -0.1) is 0 Å². The average Bonchev–Trinajstić information content (AvgIpc) is 2.53. The number of benzene rings is 1. The number of rotatable bonds is 1. The van der Waals surface area contributed by atoms with Crippen LogP contribution in [0.2, 0.25) is 0 Å². The maximum absolute atomic E-state index is 12.7. The van der Waals surface area contributed by atoms with E-state index < -0.39 is 11.6 Å². The topological polar surface area (TPSA) is 26.0 Å². The van der Waals surface area contributed by atoms with E-state index in [1.165, 1.54) is 24.8 Å². The molecule has 0 aliphatic rings. The fourth-order valence-corrected chi connectivity index (χ4v) is 1.06. The van der Waals surface area contributed by atoms with Gasteiger partial charge in [0.2, 0.25) is 0 Å². The summed E-state index contributed by atoms with van der Waals surface area (Å²) in [5, 5.41) is 0. The van der Waals surface area contributed by atoms with E-state index in [2.05, 4.69) is 4.98 Å². The van der Waals surface area contributed by atoms with Gasteiger partial charge in [0.05, 0.1) is 0 Å². The Kier molecular flexibility index (Phi) is 1.81. The van der Waals surface area contributed by atoms with Gasteiger partial charge < -0.3 is 4.42 Å². The summed E-state index contributed by atoms with van der Waals surface area (Å²) in [7, 11) is 0. The summed E-state index contributed by atoms with van der Waals surface area (Å²) < 4.78 is 30.1. The highest BCUT2D eigenvalue weighted by molar-refractivity contribution is 5.57. The molecule has 4 heteroatoms. The lowest BCUT2D eigenvalue weighted by atomic mass is 10.1. The Bertz CT molecular complexity index is 391. The van der Waals surface area contributed by atoms with Gasteiger partial charge in [0.1, 0.15) is 23.6 Å². The first-order valence-corrected chi connectivity index (χ1v) is 3.60. The summed E-state index contributed by atoms with van der Waals surface area (Å²) in [6.07, 6.45) is 2.53. The van der Waals surface area contributed by atoms with Crippen LogP contribution in [0.3, 0.4) is 0 Å². The van der Waals surface area contributed by atoms with Crippen molar-refractivity contribution in [2.75, 3.05) is 0 Å². The van der Waals surface area contributed by atoms with Crippen LogP contribution in [0.1, 0.15) is 0 Å². The van der Waals surface area contributed by atoms with Crippen LogP contribution in [0.5, 0.6) is 0 Å². The van der Waals surface area contributed by atoms with E-state index >= 15 is 0 Å². The molecule has 0 radical (unpaired) electrons. The first kappa shape index (κ1) is 7.91. The number of aromatic nitrogens is 1. The number of nitrogens with zero attached hydrogens (tertiary/aromatic N) is 1. The van der Waals surface area contributed by atoms with Gasteiger partial charge in [0.15, 0.2) is 6.39 Å². The highest BCUT2D eigenvalue weighted by Crippen LogP contribution is 2.19. The molecule has 0 spiro atoms. The quantitative estimate of drug-likeness (QED) is 0.675. The molecule has 0 bridgehead atoms. The molecule has 0 fully saturated rings. The van der Waals surface area contributed by atoms with Crippen molar-refractivity contribution in [3.63, 3.8) is 0 Å². The number of oxazole rings is 1. The Hall–Kier alpha value is -1.71. The maximum atomic E-state index is 12.7. The van der Waals surface area contributed by atoms with Crippen LogP contribution >= 0.6 is 0 Å². The van der Waals surface area contributed by atoms with Crippen LogP contribution in [-0.4, -0.2) is 4.98 Å². The molecule has 66 valence electrons. The molecule has 0 saturated carbocycles. The van der Waals surface area contributed by atoms with Gasteiger partial charge in [-0.05, 0) is 12.1 Å². The third kappa shape index (κ3) is 1.56. The van der Waals surface area contributed by atoms with Crippen LogP contribution in [0.4, 0.5) is 8.78 Å².